The van der Waals surface area contributed by atoms with E-state index in [1.165, 1.54) is 23.6 Å². The Morgan fingerprint density at radius 1 is 1.09 bits per heavy atom. The van der Waals surface area contributed by atoms with Crippen LogP contribution in [0.4, 0.5) is 13.2 Å². The standard InChI is InChI=1S/C24H24F3N3O4S/c1-14-22(32-3)19(31-2)10-21(33-14)34-29-11-15-4-6-16(7-5-15)18-13-35-23(30-18)17-8-9-20(28-12-17)24(25,26)27/h4-9,11-14,19,21-22H,10H2,1-3H3/b29-11+/t14-,19-,21?,22-/m0/s1. The monoisotopic (exact) mass is 507 g/mol. The second kappa shape index (κ2) is 10.8. The van der Waals surface area contributed by atoms with E-state index < -0.39 is 18.2 Å². The number of methoxy groups -OCH3 is 2. The average Bonchev–Trinajstić information content (AvgIpc) is 3.34. The van der Waals surface area contributed by atoms with Gasteiger partial charge in [0.2, 0.25) is 6.29 Å². The summed E-state index contributed by atoms with van der Waals surface area (Å²) < 4.78 is 54.8. The molecular weight excluding hydrogens is 483 g/mol. The molecule has 7 nitrogen and oxygen atoms in total. The minimum absolute atomic E-state index is 0.149. The molecule has 0 N–H and O–H groups in total. The van der Waals surface area contributed by atoms with Crippen LogP contribution in [0.1, 0.15) is 24.6 Å². The smallest absolute Gasteiger partial charge is 0.378 e. The fourth-order valence-electron chi connectivity index (χ4n) is 3.77. The van der Waals surface area contributed by atoms with E-state index in [-0.39, 0.29) is 18.3 Å². The summed E-state index contributed by atoms with van der Waals surface area (Å²) in [4.78, 5) is 13.5. The van der Waals surface area contributed by atoms with Crippen LogP contribution in [-0.2, 0) is 25.2 Å². The van der Waals surface area contributed by atoms with Gasteiger partial charge in [0.1, 0.15) is 16.8 Å². The number of thiazole rings is 1. The van der Waals surface area contributed by atoms with Crippen molar-refractivity contribution in [3.63, 3.8) is 0 Å². The molecule has 0 aliphatic carbocycles. The highest BCUT2D eigenvalue weighted by Crippen LogP contribution is 2.32. The van der Waals surface area contributed by atoms with Crippen LogP contribution in [0.15, 0.2) is 53.1 Å². The van der Waals surface area contributed by atoms with E-state index in [4.69, 9.17) is 19.0 Å². The van der Waals surface area contributed by atoms with Crippen molar-refractivity contribution in [2.75, 3.05) is 14.2 Å². The van der Waals surface area contributed by atoms with E-state index >= 15 is 0 Å². The summed E-state index contributed by atoms with van der Waals surface area (Å²) in [7, 11) is 3.25. The first-order chi connectivity index (χ1) is 16.8. The third kappa shape index (κ3) is 6.04. The molecule has 4 rings (SSSR count). The number of nitrogens with zero attached hydrogens (tertiary/aromatic N) is 3. The van der Waals surface area contributed by atoms with Crippen LogP contribution in [0.5, 0.6) is 0 Å². The predicted octanol–water partition coefficient (Wildman–Crippen LogP) is 5.41. The van der Waals surface area contributed by atoms with Crippen LogP contribution < -0.4 is 0 Å². The van der Waals surface area contributed by atoms with Gasteiger partial charge in [-0.05, 0) is 24.6 Å². The highest BCUT2D eigenvalue weighted by Gasteiger charge is 2.38. The highest BCUT2D eigenvalue weighted by molar-refractivity contribution is 7.13. The van der Waals surface area contributed by atoms with Crippen molar-refractivity contribution < 1.29 is 32.2 Å². The first kappa shape index (κ1) is 25.2. The van der Waals surface area contributed by atoms with Crippen molar-refractivity contribution in [3.05, 3.63) is 59.2 Å². The number of pyridine rings is 1. The fraction of sp³-hybridized carbons (Fsp3) is 0.375. The average molecular weight is 508 g/mol. The molecule has 186 valence electrons. The van der Waals surface area contributed by atoms with Crippen LogP contribution in [0.3, 0.4) is 0 Å². The van der Waals surface area contributed by atoms with E-state index in [1.807, 2.05) is 36.6 Å². The largest absolute Gasteiger partial charge is 0.433 e. The van der Waals surface area contributed by atoms with Gasteiger partial charge < -0.3 is 19.0 Å². The van der Waals surface area contributed by atoms with Crippen LogP contribution in [0.25, 0.3) is 21.8 Å². The molecule has 0 amide bonds. The lowest BCUT2D eigenvalue weighted by Crippen LogP contribution is -2.49. The minimum atomic E-state index is -4.47. The van der Waals surface area contributed by atoms with E-state index in [1.54, 1.807) is 20.4 Å². The molecule has 3 aromatic rings. The third-order valence-electron chi connectivity index (χ3n) is 5.59. The first-order valence-corrected chi connectivity index (χ1v) is 11.7. The molecule has 0 radical (unpaired) electrons. The van der Waals surface area contributed by atoms with Crippen molar-refractivity contribution >= 4 is 17.6 Å². The molecule has 1 unspecified atom stereocenters. The number of aromatic nitrogens is 2. The Morgan fingerprint density at radius 2 is 1.83 bits per heavy atom. The molecule has 0 bridgehead atoms. The molecule has 2 aromatic heterocycles. The van der Waals surface area contributed by atoms with Crippen molar-refractivity contribution in [3.8, 4) is 21.8 Å². The molecule has 11 heteroatoms. The van der Waals surface area contributed by atoms with Gasteiger partial charge in [-0.3, -0.25) is 4.98 Å². The van der Waals surface area contributed by atoms with Crippen molar-refractivity contribution in [2.45, 2.75) is 44.1 Å². The van der Waals surface area contributed by atoms with Crippen molar-refractivity contribution in [1.29, 1.82) is 0 Å². The van der Waals surface area contributed by atoms with Crippen molar-refractivity contribution in [1.82, 2.24) is 9.97 Å². The lowest BCUT2D eigenvalue weighted by molar-refractivity contribution is -0.254. The van der Waals surface area contributed by atoms with Crippen LogP contribution >= 0.6 is 11.3 Å². The molecule has 1 aliphatic heterocycles. The molecule has 35 heavy (non-hydrogen) atoms. The summed E-state index contributed by atoms with van der Waals surface area (Å²) in [5.74, 6) is 0. The summed E-state index contributed by atoms with van der Waals surface area (Å²) in [5, 5.41) is 6.48. The summed E-state index contributed by atoms with van der Waals surface area (Å²) in [5.41, 5.74) is 2.00. The third-order valence-corrected chi connectivity index (χ3v) is 6.48. The number of rotatable bonds is 7. The molecule has 1 fully saturated rings. The first-order valence-electron chi connectivity index (χ1n) is 10.8. The van der Waals surface area contributed by atoms with Crippen LogP contribution in [0.2, 0.25) is 0 Å². The molecule has 4 atom stereocenters. The van der Waals surface area contributed by atoms with Gasteiger partial charge in [-0.15, -0.1) is 11.3 Å². The summed E-state index contributed by atoms with van der Waals surface area (Å²) in [6.45, 7) is 1.90. The van der Waals surface area contributed by atoms with Gasteiger partial charge in [0.05, 0.1) is 24.1 Å². The van der Waals surface area contributed by atoms with E-state index in [9.17, 15) is 13.2 Å². The van der Waals surface area contributed by atoms with Gasteiger partial charge >= 0.3 is 6.18 Å². The molecule has 1 aliphatic rings. The summed E-state index contributed by atoms with van der Waals surface area (Å²) in [6.07, 6.45) is -2.25. The quantitative estimate of drug-likeness (QED) is 0.315. The Bertz CT molecular complexity index is 1140. The summed E-state index contributed by atoms with van der Waals surface area (Å²) >= 11 is 1.34. The Labute approximate surface area is 204 Å². The number of hydrogen-bond donors (Lipinski definition) is 0. The zero-order valence-electron chi connectivity index (χ0n) is 19.2. The van der Waals surface area contributed by atoms with Crippen LogP contribution in [0, 0.1) is 0 Å². The van der Waals surface area contributed by atoms with Gasteiger partial charge in [0.25, 0.3) is 0 Å². The number of halogens is 3. The molecule has 3 heterocycles. The molecule has 1 saturated heterocycles. The number of hydrogen-bond acceptors (Lipinski definition) is 8. The highest BCUT2D eigenvalue weighted by atomic mass is 32.1. The van der Waals surface area contributed by atoms with E-state index in [2.05, 4.69) is 15.1 Å². The van der Waals surface area contributed by atoms with Gasteiger partial charge in [0, 0.05) is 43.3 Å². The predicted molar refractivity (Wildman–Crippen MR) is 125 cm³/mol. The van der Waals surface area contributed by atoms with Gasteiger partial charge in [-0.25, -0.2) is 4.98 Å². The Morgan fingerprint density at radius 3 is 2.46 bits per heavy atom. The summed E-state index contributed by atoms with van der Waals surface area (Å²) in [6, 6.07) is 9.83. The van der Waals surface area contributed by atoms with Crippen LogP contribution in [-0.4, -0.2) is 55.0 Å². The zero-order valence-corrected chi connectivity index (χ0v) is 20.0. The maximum atomic E-state index is 12.7. The van der Waals surface area contributed by atoms with E-state index in [0.29, 0.717) is 22.7 Å². The van der Waals surface area contributed by atoms with Gasteiger partial charge in [0.15, 0.2) is 0 Å². The maximum absolute atomic E-state index is 12.7. The second-order valence-electron chi connectivity index (χ2n) is 7.91. The number of oxime groups is 1. The Kier molecular flexibility index (Phi) is 7.80. The zero-order chi connectivity index (χ0) is 25.0. The van der Waals surface area contributed by atoms with E-state index in [0.717, 1.165) is 17.2 Å². The minimum Gasteiger partial charge on any atom is -0.378 e. The molecule has 1 aromatic carbocycles. The Hall–Kier alpha value is -2.86. The lowest BCUT2D eigenvalue weighted by atomic mass is 10.0. The number of alkyl halides is 3. The number of ether oxygens (including phenoxy) is 3. The normalized spacial score (nSPS) is 23.0. The van der Waals surface area contributed by atoms with Crippen molar-refractivity contribution in [2.24, 2.45) is 5.16 Å². The van der Waals surface area contributed by atoms with Gasteiger partial charge in [-0.1, -0.05) is 29.4 Å². The topological polar surface area (TPSA) is 75.1 Å². The molecule has 0 saturated carbocycles. The lowest BCUT2D eigenvalue weighted by Gasteiger charge is -2.37. The SMILES string of the molecule is CO[C@H]1[C@H](C)OC(O/N=C/c2ccc(-c3csc(-c4ccc(C(F)(F)F)nc4)n3)cc2)C[C@@H]1OC. The second-order valence-corrected chi connectivity index (χ2v) is 8.77. The number of benzene rings is 1. The maximum Gasteiger partial charge on any atom is 0.433 e. The molecular formula is C24H24F3N3O4S. The molecule has 0 spiro atoms. The Balaban J connectivity index is 1.36. The van der Waals surface area contributed by atoms with Gasteiger partial charge in [-0.2, -0.15) is 13.2 Å². The fourth-order valence-corrected chi connectivity index (χ4v) is 4.59.